The van der Waals surface area contributed by atoms with Gasteiger partial charge in [-0.25, -0.2) is 4.79 Å². The maximum Gasteiger partial charge on any atom is 0.408 e. The van der Waals surface area contributed by atoms with Gasteiger partial charge in [-0.2, -0.15) is 0 Å². The number of hydrogen-bond acceptors (Lipinski definition) is 4. The standard InChI is InChI=1S/C18H22N2O4/c1-13(2)16(17(21)19-11-15-9-6-10-23-15)20-18(22)24-12-14-7-4-3-5-8-14/h3-10,13,16H,11-12H2,1-2H3,(H,19,21)(H,20,22)/t16-/m1/s1. The molecule has 2 N–H and O–H groups in total. The first kappa shape index (κ1) is 17.6. The molecule has 6 nitrogen and oxygen atoms in total. The molecule has 128 valence electrons. The van der Waals surface area contributed by atoms with E-state index in [0.717, 1.165) is 5.56 Å². The van der Waals surface area contributed by atoms with Crippen LogP contribution in [-0.4, -0.2) is 18.0 Å². The van der Waals surface area contributed by atoms with Crippen molar-refractivity contribution in [1.82, 2.24) is 10.6 Å². The van der Waals surface area contributed by atoms with Crippen molar-refractivity contribution in [1.29, 1.82) is 0 Å². The van der Waals surface area contributed by atoms with Crippen molar-refractivity contribution in [3.05, 3.63) is 60.1 Å². The zero-order chi connectivity index (χ0) is 17.4. The average molecular weight is 330 g/mol. The number of nitrogens with one attached hydrogen (secondary N) is 2. The molecule has 0 spiro atoms. The van der Waals surface area contributed by atoms with E-state index in [9.17, 15) is 9.59 Å². The van der Waals surface area contributed by atoms with Gasteiger partial charge in [-0.1, -0.05) is 44.2 Å². The molecule has 1 aromatic carbocycles. The first-order valence-corrected chi connectivity index (χ1v) is 7.83. The fraction of sp³-hybridized carbons (Fsp3) is 0.333. The number of ether oxygens (including phenoxy) is 1. The summed E-state index contributed by atoms with van der Waals surface area (Å²) in [5, 5.41) is 5.36. The van der Waals surface area contributed by atoms with Crippen LogP contribution in [0.5, 0.6) is 0 Å². The van der Waals surface area contributed by atoms with Crippen LogP contribution in [0.1, 0.15) is 25.2 Å². The fourth-order valence-corrected chi connectivity index (χ4v) is 2.12. The van der Waals surface area contributed by atoms with E-state index in [0.29, 0.717) is 5.76 Å². The van der Waals surface area contributed by atoms with Crippen LogP contribution in [0, 0.1) is 5.92 Å². The molecule has 0 bridgehead atoms. The van der Waals surface area contributed by atoms with Gasteiger partial charge in [-0.15, -0.1) is 0 Å². The minimum absolute atomic E-state index is 0.0779. The molecule has 1 aromatic heterocycles. The quantitative estimate of drug-likeness (QED) is 0.818. The van der Waals surface area contributed by atoms with E-state index in [1.165, 1.54) is 0 Å². The van der Waals surface area contributed by atoms with Gasteiger partial charge < -0.3 is 19.8 Å². The summed E-state index contributed by atoms with van der Waals surface area (Å²) in [7, 11) is 0. The molecular weight excluding hydrogens is 308 g/mol. The lowest BCUT2D eigenvalue weighted by molar-refractivity contribution is -0.124. The summed E-state index contributed by atoms with van der Waals surface area (Å²) in [6.07, 6.45) is 0.923. The van der Waals surface area contributed by atoms with Gasteiger partial charge in [-0.3, -0.25) is 4.79 Å². The van der Waals surface area contributed by atoms with Crippen LogP contribution >= 0.6 is 0 Å². The van der Waals surface area contributed by atoms with Gasteiger partial charge in [-0.05, 0) is 23.6 Å². The molecule has 2 aromatic rings. The number of benzene rings is 1. The third-order valence-electron chi connectivity index (χ3n) is 3.45. The highest BCUT2D eigenvalue weighted by Gasteiger charge is 2.24. The molecular formula is C18H22N2O4. The Balaban J connectivity index is 1.83. The van der Waals surface area contributed by atoms with E-state index < -0.39 is 12.1 Å². The third-order valence-corrected chi connectivity index (χ3v) is 3.45. The van der Waals surface area contributed by atoms with Crippen molar-refractivity contribution in [2.75, 3.05) is 0 Å². The summed E-state index contributed by atoms with van der Waals surface area (Å²) in [5.41, 5.74) is 0.885. The summed E-state index contributed by atoms with van der Waals surface area (Å²) in [4.78, 5) is 24.2. The van der Waals surface area contributed by atoms with Gasteiger partial charge >= 0.3 is 6.09 Å². The lowest BCUT2D eigenvalue weighted by atomic mass is 10.0. The van der Waals surface area contributed by atoms with Crippen molar-refractivity contribution in [2.45, 2.75) is 33.0 Å². The number of carbonyl (C=O) groups excluding carboxylic acids is 2. The van der Waals surface area contributed by atoms with Crippen LogP contribution < -0.4 is 10.6 Å². The maximum absolute atomic E-state index is 12.3. The van der Waals surface area contributed by atoms with E-state index >= 15 is 0 Å². The molecule has 0 aliphatic carbocycles. The molecule has 1 heterocycles. The zero-order valence-corrected chi connectivity index (χ0v) is 13.8. The highest BCUT2D eigenvalue weighted by molar-refractivity contribution is 5.85. The molecule has 0 fully saturated rings. The number of amides is 2. The smallest absolute Gasteiger partial charge is 0.408 e. The molecule has 6 heteroatoms. The molecule has 0 unspecified atom stereocenters. The molecule has 2 amide bonds. The minimum Gasteiger partial charge on any atom is -0.467 e. The molecule has 0 saturated carbocycles. The van der Waals surface area contributed by atoms with Gasteiger partial charge in [0.05, 0.1) is 12.8 Å². The Labute approximate surface area is 141 Å². The lowest BCUT2D eigenvalue weighted by Crippen LogP contribution is -2.49. The first-order chi connectivity index (χ1) is 11.6. The highest BCUT2D eigenvalue weighted by atomic mass is 16.5. The summed E-state index contributed by atoms with van der Waals surface area (Å²) in [6.45, 7) is 4.14. The normalized spacial score (nSPS) is 11.8. The summed E-state index contributed by atoms with van der Waals surface area (Å²) >= 11 is 0. The Kier molecular flexibility index (Phi) is 6.42. The van der Waals surface area contributed by atoms with E-state index in [2.05, 4.69) is 10.6 Å². The van der Waals surface area contributed by atoms with Crippen LogP contribution in [0.2, 0.25) is 0 Å². The summed E-state index contributed by atoms with van der Waals surface area (Å²) in [5.74, 6) is 0.293. The van der Waals surface area contributed by atoms with E-state index in [1.54, 1.807) is 18.4 Å². The third kappa shape index (κ3) is 5.46. The molecule has 2 rings (SSSR count). The second-order valence-electron chi connectivity index (χ2n) is 5.72. The van der Waals surface area contributed by atoms with Crippen LogP contribution in [-0.2, 0) is 22.7 Å². The van der Waals surface area contributed by atoms with Gasteiger partial charge in [0, 0.05) is 0 Å². The summed E-state index contributed by atoms with van der Waals surface area (Å²) in [6, 6.07) is 12.2. The molecule has 0 saturated heterocycles. The number of alkyl carbamates (subject to hydrolysis) is 1. The zero-order valence-electron chi connectivity index (χ0n) is 13.8. The number of hydrogen-bond donors (Lipinski definition) is 2. The molecule has 0 aliphatic heterocycles. The van der Waals surface area contributed by atoms with Crippen LogP contribution in [0.3, 0.4) is 0 Å². The van der Waals surface area contributed by atoms with E-state index in [1.807, 2.05) is 44.2 Å². The van der Waals surface area contributed by atoms with Crippen molar-refractivity contribution in [3.63, 3.8) is 0 Å². The Morgan fingerprint density at radius 2 is 1.88 bits per heavy atom. The van der Waals surface area contributed by atoms with Crippen molar-refractivity contribution >= 4 is 12.0 Å². The van der Waals surface area contributed by atoms with Crippen molar-refractivity contribution in [2.24, 2.45) is 5.92 Å². The predicted molar refractivity (Wildman–Crippen MR) is 88.9 cm³/mol. The molecule has 0 aliphatic rings. The summed E-state index contributed by atoms with van der Waals surface area (Å²) < 4.78 is 10.3. The Morgan fingerprint density at radius 1 is 1.12 bits per heavy atom. The lowest BCUT2D eigenvalue weighted by Gasteiger charge is -2.21. The largest absolute Gasteiger partial charge is 0.467 e. The van der Waals surface area contributed by atoms with Gasteiger partial charge in [0.2, 0.25) is 5.91 Å². The molecule has 1 atom stereocenters. The average Bonchev–Trinajstić information content (AvgIpc) is 3.10. The van der Waals surface area contributed by atoms with Gasteiger partial charge in [0.25, 0.3) is 0 Å². The van der Waals surface area contributed by atoms with Crippen LogP contribution in [0.4, 0.5) is 4.79 Å². The first-order valence-electron chi connectivity index (χ1n) is 7.83. The monoisotopic (exact) mass is 330 g/mol. The highest BCUT2D eigenvalue weighted by Crippen LogP contribution is 2.06. The minimum atomic E-state index is -0.678. The molecule has 24 heavy (non-hydrogen) atoms. The van der Waals surface area contributed by atoms with Crippen molar-refractivity contribution < 1.29 is 18.7 Å². The van der Waals surface area contributed by atoms with Crippen LogP contribution in [0.15, 0.2) is 53.1 Å². The number of furan rings is 1. The second kappa shape index (κ2) is 8.76. The van der Waals surface area contributed by atoms with Gasteiger partial charge in [0.15, 0.2) is 0 Å². The Morgan fingerprint density at radius 3 is 2.50 bits per heavy atom. The Bertz CT molecular complexity index is 638. The molecule has 0 radical (unpaired) electrons. The topological polar surface area (TPSA) is 80.6 Å². The van der Waals surface area contributed by atoms with Crippen molar-refractivity contribution in [3.8, 4) is 0 Å². The number of carbonyl (C=O) groups is 2. The Hall–Kier alpha value is -2.76. The van der Waals surface area contributed by atoms with E-state index in [4.69, 9.17) is 9.15 Å². The SMILES string of the molecule is CC(C)[C@@H](NC(=O)OCc1ccccc1)C(=O)NCc1ccco1. The van der Waals surface area contributed by atoms with E-state index in [-0.39, 0.29) is 25.0 Å². The fourth-order valence-electron chi connectivity index (χ4n) is 2.12. The number of rotatable bonds is 7. The van der Waals surface area contributed by atoms with Crippen LogP contribution in [0.25, 0.3) is 0 Å². The van der Waals surface area contributed by atoms with Gasteiger partial charge in [0.1, 0.15) is 18.4 Å². The predicted octanol–water partition coefficient (Wildman–Crippen LogP) is 2.85. The second-order valence-corrected chi connectivity index (χ2v) is 5.72. The maximum atomic E-state index is 12.3.